The van der Waals surface area contributed by atoms with E-state index in [0.717, 1.165) is 5.52 Å². The van der Waals surface area contributed by atoms with E-state index < -0.39 is 5.60 Å². The van der Waals surface area contributed by atoms with Gasteiger partial charge in [0.05, 0.1) is 18.7 Å². The Morgan fingerprint density at radius 1 is 1.50 bits per heavy atom. The monoisotopic (exact) mass is 304 g/mol. The lowest BCUT2D eigenvalue weighted by atomic mass is 10.2. The number of ether oxygens (including phenoxy) is 2. The molecule has 0 spiro atoms. The number of rotatable bonds is 1. The molecule has 0 saturated carbocycles. The van der Waals surface area contributed by atoms with Gasteiger partial charge in [0.2, 0.25) is 0 Å². The lowest BCUT2D eigenvalue weighted by Gasteiger charge is -2.33. The van der Waals surface area contributed by atoms with Gasteiger partial charge in [-0.05, 0) is 32.9 Å². The van der Waals surface area contributed by atoms with Crippen molar-refractivity contribution >= 4 is 17.3 Å². The summed E-state index contributed by atoms with van der Waals surface area (Å²) in [5, 5.41) is 0. The van der Waals surface area contributed by atoms with Crippen LogP contribution in [0, 0.1) is 0 Å². The number of carbonyl (C=O) groups excluding carboxylic acids is 1. The van der Waals surface area contributed by atoms with Crippen molar-refractivity contribution in [1.82, 2.24) is 19.9 Å². The Morgan fingerprint density at radius 3 is 3.05 bits per heavy atom. The van der Waals surface area contributed by atoms with Crippen LogP contribution in [0.25, 0.3) is 11.2 Å². The third-order valence-electron chi connectivity index (χ3n) is 3.30. The zero-order valence-electron chi connectivity index (χ0n) is 13.0. The van der Waals surface area contributed by atoms with E-state index >= 15 is 0 Å². The molecule has 0 radical (unpaired) electrons. The summed E-state index contributed by atoms with van der Waals surface area (Å²) in [5.41, 5.74) is 1.000. The number of hydrogen-bond acceptors (Lipinski definition) is 5. The Bertz CT molecular complexity index is 644. The summed E-state index contributed by atoms with van der Waals surface area (Å²) in [4.78, 5) is 25.6. The molecule has 0 aliphatic carbocycles. The minimum absolute atomic E-state index is 0.296. The van der Waals surface area contributed by atoms with Crippen molar-refractivity contribution in [2.45, 2.75) is 32.5 Å². The van der Waals surface area contributed by atoms with Gasteiger partial charge >= 0.3 is 6.09 Å². The molecule has 0 bridgehead atoms. The van der Waals surface area contributed by atoms with Gasteiger partial charge in [0.15, 0.2) is 5.65 Å². The van der Waals surface area contributed by atoms with Crippen molar-refractivity contribution < 1.29 is 14.3 Å². The number of pyridine rings is 1. The Kier molecular flexibility index (Phi) is 3.74. The maximum Gasteiger partial charge on any atom is 0.410 e. The van der Waals surface area contributed by atoms with Crippen molar-refractivity contribution in [2.24, 2.45) is 0 Å². The van der Waals surface area contributed by atoms with Crippen molar-refractivity contribution in [3.63, 3.8) is 0 Å². The van der Waals surface area contributed by atoms with Gasteiger partial charge in [0.1, 0.15) is 17.5 Å². The molecule has 1 saturated heterocycles. The molecule has 22 heavy (non-hydrogen) atoms. The Morgan fingerprint density at radius 2 is 2.32 bits per heavy atom. The molecule has 0 aromatic carbocycles. The second-order valence-corrected chi connectivity index (χ2v) is 6.28. The van der Waals surface area contributed by atoms with Gasteiger partial charge in [-0.15, -0.1) is 0 Å². The molecule has 2 aromatic rings. The van der Waals surface area contributed by atoms with Crippen LogP contribution < -0.4 is 0 Å². The summed E-state index contributed by atoms with van der Waals surface area (Å²) >= 11 is 0. The van der Waals surface area contributed by atoms with E-state index in [0.29, 0.717) is 31.2 Å². The van der Waals surface area contributed by atoms with Gasteiger partial charge in [-0.3, -0.25) is 0 Å². The van der Waals surface area contributed by atoms with Crippen LogP contribution in [0.4, 0.5) is 4.79 Å². The van der Waals surface area contributed by atoms with E-state index in [1.54, 1.807) is 11.1 Å². The second kappa shape index (κ2) is 5.57. The summed E-state index contributed by atoms with van der Waals surface area (Å²) in [7, 11) is 0. The van der Waals surface area contributed by atoms with Crippen LogP contribution in [-0.2, 0) is 9.47 Å². The van der Waals surface area contributed by atoms with E-state index in [2.05, 4.69) is 15.0 Å². The summed E-state index contributed by atoms with van der Waals surface area (Å²) in [6.45, 7) is 6.95. The van der Waals surface area contributed by atoms with Gasteiger partial charge < -0.3 is 19.4 Å². The number of aromatic nitrogens is 3. The Balaban J connectivity index is 1.74. The summed E-state index contributed by atoms with van der Waals surface area (Å²) < 4.78 is 11.1. The predicted octanol–water partition coefficient (Wildman–Crippen LogP) is 2.27. The normalized spacial score (nSPS) is 19.4. The van der Waals surface area contributed by atoms with Gasteiger partial charge in [-0.1, -0.05) is 0 Å². The second-order valence-electron chi connectivity index (χ2n) is 6.28. The third kappa shape index (κ3) is 3.19. The van der Waals surface area contributed by atoms with E-state index in [-0.39, 0.29) is 12.2 Å². The summed E-state index contributed by atoms with van der Waals surface area (Å²) in [6.07, 6.45) is 1.08. The van der Waals surface area contributed by atoms with Crippen LogP contribution in [0.3, 0.4) is 0 Å². The van der Waals surface area contributed by atoms with E-state index in [9.17, 15) is 4.79 Å². The number of nitrogens with one attached hydrogen (secondary N) is 1. The molecular formula is C15H20N4O3. The quantitative estimate of drug-likeness (QED) is 0.874. The molecule has 0 unspecified atom stereocenters. The first-order valence-electron chi connectivity index (χ1n) is 7.32. The fraction of sp³-hybridized carbons (Fsp3) is 0.533. The standard InChI is InChI=1S/C15H20N4O3/c1-15(2,3)22-14(20)19-7-8-21-11(9-19)13-17-10-5-4-6-16-12(10)18-13/h4-6,11H,7-9H2,1-3H3,(H,16,17,18)/t11-/m0/s1. The molecule has 1 aliphatic heterocycles. The lowest BCUT2D eigenvalue weighted by Crippen LogP contribution is -2.44. The minimum Gasteiger partial charge on any atom is -0.444 e. The molecule has 1 N–H and O–H groups in total. The highest BCUT2D eigenvalue weighted by molar-refractivity contribution is 5.70. The number of nitrogens with zero attached hydrogens (tertiary/aromatic N) is 3. The molecule has 7 heteroatoms. The molecule has 1 aliphatic rings. The van der Waals surface area contributed by atoms with Crippen LogP contribution in [0.15, 0.2) is 18.3 Å². The number of imidazole rings is 1. The largest absolute Gasteiger partial charge is 0.444 e. The number of aromatic amines is 1. The maximum absolute atomic E-state index is 12.2. The average molecular weight is 304 g/mol. The summed E-state index contributed by atoms with van der Waals surface area (Å²) in [6, 6.07) is 3.76. The molecule has 3 rings (SSSR count). The summed E-state index contributed by atoms with van der Waals surface area (Å²) in [5.74, 6) is 0.682. The molecule has 3 heterocycles. The van der Waals surface area contributed by atoms with Gasteiger partial charge in [-0.2, -0.15) is 0 Å². The average Bonchev–Trinajstić information content (AvgIpc) is 2.89. The maximum atomic E-state index is 12.2. The number of hydrogen-bond donors (Lipinski definition) is 1. The van der Waals surface area contributed by atoms with Crippen molar-refractivity contribution in [1.29, 1.82) is 0 Å². The number of H-pyrrole nitrogens is 1. The van der Waals surface area contributed by atoms with Gasteiger partial charge in [-0.25, -0.2) is 14.8 Å². The van der Waals surface area contributed by atoms with Crippen LogP contribution in [0.2, 0.25) is 0 Å². The highest BCUT2D eigenvalue weighted by atomic mass is 16.6. The van der Waals surface area contributed by atoms with Crippen molar-refractivity contribution in [3.05, 3.63) is 24.2 Å². The predicted molar refractivity (Wildman–Crippen MR) is 80.4 cm³/mol. The van der Waals surface area contributed by atoms with Crippen LogP contribution in [0.1, 0.15) is 32.7 Å². The van der Waals surface area contributed by atoms with E-state index in [1.807, 2.05) is 32.9 Å². The zero-order valence-corrected chi connectivity index (χ0v) is 13.0. The molecule has 7 nitrogen and oxygen atoms in total. The van der Waals surface area contributed by atoms with E-state index in [1.165, 1.54) is 0 Å². The van der Waals surface area contributed by atoms with Crippen LogP contribution >= 0.6 is 0 Å². The number of morpholine rings is 1. The zero-order chi connectivity index (χ0) is 15.7. The van der Waals surface area contributed by atoms with Crippen LogP contribution in [-0.4, -0.2) is 51.2 Å². The first kappa shape index (κ1) is 14.8. The minimum atomic E-state index is -0.506. The lowest BCUT2D eigenvalue weighted by molar-refractivity contribution is -0.0459. The number of amides is 1. The molecule has 1 amide bonds. The number of carbonyl (C=O) groups is 1. The van der Waals surface area contributed by atoms with Crippen molar-refractivity contribution in [2.75, 3.05) is 19.7 Å². The molecular weight excluding hydrogens is 284 g/mol. The Hall–Kier alpha value is -2.15. The van der Waals surface area contributed by atoms with E-state index in [4.69, 9.17) is 9.47 Å². The molecule has 2 aromatic heterocycles. The highest BCUT2D eigenvalue weighted by Crippen LogP contribution is 2.23. The SMILES string of the molecule is CC(C)(C)OC(=O)N1CCO[C@H](c2nc3ncccc3[nH]2)C1. The number of fused-ring (bicyclic) bond motifs is 1. The highest BCUT2D eigenvalue weighted by Gasteiger charge is 2.30. The third-order valence-corrected chi connectivity index (χ3v) is 3.30. The first-order chi connectivity index (χ1) is 10.4. The fourth-order valence-corrected chi connectivity index (χ4v) is 2.32. The van der Waals surface area contributed by atoms with Gasteiger partial charge in [0, 0.05) is 12.7 Å². The molecule has 1 atom stereocenters. The Labute approximate surface area is 128 Å². The smallest absolute Gasteiger partial charge is 0.410 e. The topological polar surface area (TPSA) is 80.3 Å². The van der Waals surface area contributed by atoms with Gasteiger partial charge in [0.25, 0.3) is 0 Å². The molecule has 1 fully saturated rings. The first-order valence-corrected chi connectivity index (χ1v) is 7.32. The van der Waals surface area contributed by atoms with Crippen molar-refractivity contribution in [3.8, 4) is 0 Å². The van der Waals surface area contributed by atoms with Crippen LogP contribution in [0.5, 0.6) is 0 Å². The fourth-order valence-electron chi connectivity index (χ4n) is 2.32. The molecule has 118 valence electrons.